The first kappa shape index (κ1) is 17.5. The highest BCUT2D eigenvalue weighted by Crippen LogP contribution is 2.31. The summed E-state index contributed by atoms with van der Waals surface area (Å²) >= 11 is 0. The second kappa shape index (κ2) is 6.58. The van der Waals surface area contributed by atoms with Crippen LogP contribution >= 0.6 is 12.4 Å². The molecule has 18 heavy (non-hydrogen) atoms. The van der Waals surface area contributed by atoms with Gasteiger partial charge in [0, 0.05) is 6.04 Å². The topological polar surface area (TPSA) is 26.0 Å². The molecule has 1 aromatic carbocycles. The smallest absolute Gasteiger partial charge is 0.0302 e. The lowest BCUT2D eigenvalue weighted by molar-refractivity contribution is 0.506. The third-order valence-electron chi connectivity index (χ3n) is 4.15. The summed E-state index contributed by atoms with van der Waals surface area (Å²) in [6.45, 7) is 15.5. The van der Waals surface area contributed by atoms with Crippen molar-refractivity contribution in [3.05, 3.63) is 33.4 Å². The van der Waals surface area contributed by atoms with Gasteiger partial charge in [-0.1, -0.05) is 13.8 Å². The Kier molecular flexibility index (Phi) is 6.39. The summed E-state index contributed by atoms with van der Waals surface area (Å²) < 4.78 is 0. The van der Waals surface area contributed by atoms with E-state index >= 15 is 0 Å². The largest absolute Gasteiger partial charge is 0.324 e. The Balaban J connectivity index is 0.00000289. The monoisotopic (exact) mass is 269 g/mol. The number of benzene rings is 1. The van der Waals surface area contributed by atoms with Crippen molar-refractivity contribution >= 4 is 12.4 Å². The third-order valence-corrected chi connectivity index (χ3v) is 4.15. The van der Waals surface area contributed by atoms with E-state index in [2.05, 4.69) is 48.5 Å². The van der Waals surface area contributed by atoms with Crippen LogP contribution in [0.4, 0.5) is 0 Å². The van der Waals surface area contributed by atoms with Gasteiger partial charge in [0.25, 0.3) is 0 Å². The fourth-order valence-corrected chi connectivity index (χ4v) is 2.71. The highest BCUT2D eigenvalue weighted by Gasteiger charge is 2.18. The summed E-state index contributed by atoms with van der Waals surface area (Å²) in [5.41, 5.74) is 14.8. The zero-order valence-electron chi connectivity index (χ0n) is 12.8. The van der Waals surface area contributed by atoms with Gasteiger partial charge in [0.05, 0.1) is 0 Å². The van der Waals surface area contributed by atoms with Crippen LogP contribution in [0, 0.1) is 40.5 Å². The number of hydrogen-bond donors (Lipinski definition) is 1. The quantitative estimate of drug-likeness (QED) is 0.846. The van der Waals surface area contributed by atoms with Crippen molar-refractivity contribution in [3.63, 3.8) is 0 Å². The summed E-state index contributed by atoms with van der Waals surface area (Å²) in [4.78, 5) is 0. The van der Waals surface area contributed by atoms with E-state index in [0.29, 0.717) is 5.92 Å². The molecule has 0 unspecified atom stereocenters. The van der Waals surface area contributed by atoms with Crippen LogP contribution in [-0.2, 0) is 0 Å². The third kappa shape index (κ3) is 3.27. The molecular weight excluding hydrogens is 242 g/mol. The predicted octanol–water partition coefficient (Wildman–Crippen LogP) is 4.70. The lowest BCUT2D eigenvalue weighted by atomic mass is 9.84. The summed E-state index contributed by atoms with van der Waals surface area (Å²) in [6, 6.07) is 0.174. The Morgan fingerprint density at radius 1 is 0.778 bits per heavy atom. The first-order chi connectivity index (χ1) is 7.77. The molecular formula is C16H28ClN. The molecule has 1 nitrogen and oxygen atoms in total. The molecule has 0 bridgehead atoms. The molecule has 0 heterocycles. The highest BCUT2D eigenvalue weighted by atomic mass is 35.5. The van der Waals surface area contributed by atoms with Gasteiger partial charge >= 0.3 is 0 Å². The summed E-state index contributed by atoms with van der Waals surface area (Å²) in [5, 5.41) is 0. The lowest BCUT2D eigenvalue weighted by Gasteiger charge is -2.24. The first-order valence-electron chi connectivity index (χ1n) is 6.59. The van der Waals surface area contributed by atoms with Gasteiger partial charge in [-0.05, 0) is 80.3 Å². The fourth-order valence-electron chi connectivity index (χ4n) is 2.71. The molecule has 2 N–H and O–H groups in total. The van der Waals surface area contributed by atoms with Crippen LogP contribution in [0.3, 0.4) is 0 Å². The molecule has 0 radical (unpaired) electrons. The van der Waals surface area contributed by atoms with Crippen LogP contribution in [-0.4, -0.2) is 0 Å². The molecule has 0 saturated carbocycles. The first-order valence-corrected chi connectivity index (χ1v) is 6.59. The minimum Gasteiger partial charge on any atom is -0.324 e. The van der Waals surface area contributed by atoms with Crippen molar-refractivity contribution in [2.75, 3.05) is 0 Å². The second-order valence-electron chi connectivity index (χ2n) is 5.77. The van der Waals surface area contributed by atoms with Gasteiger partial charge in [0.2, 0.25) is 0 Å². The second-order valence-corrected chi connectivity index (χ2v) is 5.77. The van der Waals surface area contributed by atoms with Gasteiger partial charge in [-0.2, -0.15) is 0 Å². The number of halogens is 1. The van der Waals surface area contributed by atoms with Crippen molar-refractivity contribution in [1.82, 2.24) is 0 Å². The van der Waals surface area contributed by atoms with Gasteiger partial charge < -0.3 is 5.73 Å². The van der Waals surface area contributed by atoms with Gasteiger partial charge in [-0.15, -0.1) is 12.4 Å². The lowest BCUT2D eigenvalue weighted by Crippen LogP contribution is -2.17. The van der Waals surface area contributed by atoms with Crippen LogP contribution in [0.25, 0.3) is 0 Å². The molecule has 0 aliphatic heterocycles. The van der Waals surface area contributed by atoms with Gasteiger partial charge in [-0.25, -0.2) is 0 Å². The average Bonchev–Trinajstić information content (AvgIpc) is 2.23. The van der Waals surface area contributed by atoms with E-state index in [-0.39, 0.29) is 18.4 Å². The average molecular weight is 270 g/mol. The standard InChI is InChI=1S/C16H27N.ClH/c1-9(2)8-15(17)16-13(6)11(4)10(3)12(5)14(16)7;/h9,15H,8,17H2,1-7H3;1H/t15-;/m1./s1. The Labute approximate surface area is 119 Å². The molecule has 1 aromatic rings. The maximum absolute atomic E-state index is 6.39. The van der Waals surface area contributed by atoms with E-state index in [9.17, 15) is 0 Å². The molecule has 0 spiro atoms. The number of rotatable bonds is 3. The summed E-state index contributed by atoms with van der Waals surface area (Å²) in [7, 11) is 0. The highest BCUT2D eigenvalue weighted by molar-refractivity contribution is 5.85. The Bertz CT molecular complexity index is 393. The molecule has 104 valence electrons. The SMILES string of the molecule is Cc1c(C)c(C)c([C@H](N)CC(C)C)c(C)c1C.Cl. The zero-order valence-corrected chi connectivity index (χ0v) is 13.7. The van der Waals surface area contributed by atoms with Crippen molar-refractivity contribution < 1.29 is 0 Å². The van der Waals surface area contributed by atoms with Gasteiger partial charge in [0.1, 0.15) is 0 Å². The van der Waals surface area contributed by atoms with Crippen LogP contribution < -0.4 is 5.73 Å². The van der Waals surface area contributed by atoms with Gasteiger partial charge in [-0.3, -0.25) is 0 Å². The van der Waals surface area contributed by atoms with E-state index in [1.54, 1.807) is 0 Å². The van der Waals surface area contributed by atoms with Crippen molar-refractivity contribution in [2.24, 2.45) is 11.7 Å². The van der Waals surface area contributed by atoms with E-state index in [0.717, 1.165) is 6.42 Å². The zero-order chi connectivity index (χ0) is 13.3. The molecule has 1 atom stereocenters. The maximum atomic E-state index is 6.39. The normalized spacial score (nSPS) is 12.5. The van der Waals surface area contributed by atoms with Crippen molar-refractivity contribution in [3.8, 4) is 0 Å². The van der Waals surface area contributed by atoms with E-state index in [1.165, 1.54) is 33.4 Å². The predicted molar refractivity (Wildman–Crippen MR) is 83.8 cm³/mol. The minimum atomic E-state index is 0. The molecule has 0 aliphatic carbocycles. The van der Waals surface area contributed by atoms with Crippen LogP contribution in [0.5, 0.6) is 0 Å². The molecule has 2 heteroatoms. The van der Waals surface area contributed by atoms with Crippen LogP contribution in [0.15, 0.2) is 0 Å². The number of hydrogen-bond acceptors (Lipinski definition) is 1. The van der Waals surface area contributed by atoms with E-state index in [1.807, 2.05) is 0 Å². The Morgan fingerprint density at radius 3 is 1.44 bits per heavy atom. The molecule has 0 aromatic heterocycles. The molecule has 0 fully saturated rings. The van der Waals surface area contributed by atoms with Crippen molar-refractivity contribution in [1.29, 1.82) is 0 Å². The van der Waals surface area contributed by atoms with Crippen LogP contribution in [0.2, 0.25) is 0 Å². The van der Waals surface area contributed by atoms with Gasteiger partial charge in [0.15, 0.2) is 0 Å². The van der Waals surface area contributed by atoms with E-state index < -0.39 is 0 Å². The Morgan fingerprint density at radius 2 is 1.11 bits per heavy atom. The summed E-state index contributed by atoms with van der Waals surface area (Å²) in [5.74, 6) is 0.644. The number of nitrogens with two attached hydrogens (primary N) is 1. The maximum Gasteiger partial charge on any atom is 0.0302 e. The molecule has 0 aliphatic rings. The molecule has 0 saturated heterocycles. The van der Waals surface area contributed by atoms with E-state index in [4.69, 9.17) is 5.73 Å². The molecule has 1 rings (SSSR count). The minimum absolute atomic E-state index is 0. The van der Waals surface area contributed by atoms with Crippen LogP contribution in [0.1, 0.15) is 59.7 Å². The van der Waals surface area contributed by atoms with Crippen molar-refractivity contribution in [2.45, 2.75) is 60.9 Å². The fraction of sp³-hybridized carbons (Fsp3) is 0.625. The molecule has 0 amide bonds. The summed E-state index contributed by atoms with van der Waals surface area (Å²) in [6.07, 6.45) is 1.06. The Hall–Kier alpha value is -0.530.